The van der Waals surface area contributed by atoms with Gasteiger partial charge in [-0.1, -0.05) is 17.7 Å². The average Bonchev–Trinajstić information content (AvgIpc) is 2.80. The molecule has 0 radical (unpaired) electrons. The van der Waals surface area contributed by atoms with Gasteiger partial charge < -0.3 is 10.2 Å². The highest BCUT2D eigenvalue weighted by Gasteiger charge is 2.29. The maximum atomic E-state index is 13.9. The number of benzene rings is 2. The average molecular weight is 476 g/mol. The van der Waals surface area contributed by atoms with Crippen molar-refractivity contribution in [1.29, 1.82) is 0 Å². The molecule has 8 nitrogen and oxygen atoms in total. The summed E-state index contributed by atoms with van der Waals surface area (Å²) in [6, 6.07) is 9.68. The lowest BCUT2D eigenvalue weighted by molar-refractivity contribution is 0.102. The molecule has 0 aliphatic carbocycles. The predicted molar refractivity (Wildman–Crippen MR) is 119 cm³/mol. The summed E-state index contributed by atoms with van der Waals surface area (Å²) >= 11 is 5.91. The Morgan fingerprint density at radius 3 is 2.38 bits per heavy atom. The molecule has 0 unspecified atom stereocenters. The highest BCUT2D eigenvalue weighted by molar-refractivity contribution is 7.89. The van der Waals surface area contributed by atoms with Gasteiger partial charge in [0.05, 0.1) is 21.7 Å². The number of nitrogens with one attached hydrogen (secondary N) is 1. The Balaban J connectivity index is 1.43. The number of anilines is 2. The number of carbonyl (C=O) groups is 1. The van der Waals surface area contributed by atoms with E-state index >= 15 is 0 Å². The van der Waals surface area contributed by atoms with Crippen molar-refractivity contribution in [3.8, 4) is 0 Å². The zero-order valence-corrected chi connectivity index (χ0v) is 18.4. The van der Waals surface area contributed by atoms with Gasteiger partial charge in [-0.05, 0) is 36.4 Å². The van der Waals surface area contributed by atoms with Crippen molar-refractivity contribution in [1.82, 2.24) is 14.3 Å². The van der Waals surface area contributed by atoms with Gasteiger partial charge in [-0.2, -0.15) is 4.31 Å². The van der Waals surface area contributed by atoms with Gasteiger partial charge in [0.1, 0.15) is 11.6 Å². The van der Waals surface area contributed by atoms with Gasteiger partial charge >= 0.3 is 0 Å². The lowest BCUT2D eigenvalue weighted by atomic mass is 10.2. The molecule has 0 saturated carbocycles. The number of nitrogens with zero attached hydrogens (tertiary/aromatic N) is 4. The third kappa shape index (κ3) is 4.57. The molecule has 0 atom stereocenters. The number of piperazine rings is 1. The van der Waals surface area contributed by atoms with Crippen LogP contribution >= 0.6 is 11.6 Å². The van der Waals surface area contributed by atoms with E-state index in [0.717, 1.165) is 6.07 Å². The summed E-state index contributed by atoms with van der Waals surface area (Å²) in [5, 5.41) is 2.52. The fourth-order valence-corrected chi connectivity index (χ4v) is 5.05. The lowest BCUT2D eigenvalue weighted by Crippen LogP contribution is -2.48. The molecule has 1 aromatic heterocycles. The molecule has 2 heterocycles. The molecule has 32 heavy (non-hydrogen) atoms. The number of sulfonamides is 1. The summed E-state index contributed by atoms with van der Waals surface area (Å²) in [4.78, 5) is 22.7. The van der Waals surface area contributed by atoms with Crippen LogP contribution < -0.4 is 10.2 Å². The molecule has 0 spiro atoms. The minimum atomic E-state index is -3.70. The smallest absolute Gasteiger partial charge is 0.260 e. The summed E-state index contributed by atoms with van der Waals surface area (Å²) in [5.74, 6) is -0.752. The Kier molecular flexibility index (Phi) is 6.35. The maximum Gasteiger partial charge on any atom is 0.260 e. The minimum absolute atomic E-state index is 0.0117. The number of hydrogen-bond acceptors (Lipinski definition) is 6. The second-order valence-electron chi connectivity index (χ2n) is 7.03. The highest BCUT2D eigenvalue weighted by Crippen LogP contribution is 2.23. The van der Waals surface area contributed by atoms with Crippen molar-refractivity contribution < 1.29 is 17.6 Å². The molecule has 0 bridgehead atoms. The van der Waals surface area contributed by atoms with E-state index in [2.05, 4.69) is 15.3 Å². The van der Waals surface area contributed by atoms with Crippen molar-refractivity contribution in [2.75, 3.05) is 36.4 Å². The van der Waals surface area contributed by atoms with E-state index in [1.807, 2.05) is 4.90 Å². The van der Waals surface area contributed by atoms with E-state index in [0.29, 0.717) is 37.7 Å². The minimum Gasteiger partial charge on any atom is -0.353 e. The molecule has 166 valence electrons. The van der Waals surface area contributed by atoms with Crippen LogP contribution in [0.15, 0.2) is 66.0 Å². The summed E-state index contributed by atoms with van der Waals surface area (Å²) in [7, 11) is -3.70. The standard InChI is InChI=1S/C21H19ClFN5O3S/c22-17-2-1-3-18(23)20(17)21(29)26-15-4-6-16(7-5-15)32(30,31)28-12-10-27(11-13-28)19-14-24-8-9-25-19/h1-9,14H,10-13H2,(H,26,29). The van der Waals surface area contributed by atoms with Gasteiger partial charge in [0.25, 0.3) is 5.91 Å². The van der Waals surface area contributed by atoms with E-state index in [4.69, 9.17) is 11.6 Å². The van der Waals surface area contributed by atoms with Crippen LogP contribution in [0.25, 0.3) is 0 Å². The van der Waals surface area contributed by atoms with Crippen LogP contribution in [0.1, 0.15) is 10.4 Å². The molecule has 1 fully saturated rings. The van der Waals surface area contributed by atoms with Gasteiger partial charge in [-0.25, -0.2) is 17.8 Å². The Labute approximate surface area is 189 Å². The van der Waals surface area contributed by atoms with Crippen molar-refractivity contribution >= 4 is 39.0 Å². The molecule has 1 aliphatic rings. The van der Waals surface area contributed by atoms with Crippen LogP contribution in [0.3, 0.4) is 0 Å². The summed E-state index contributed by atoms with van der Waals surface area (Å²) in [6.07, 6.45) is 4.83. The number of halogens is 2. The zero-order chi connectivity index (χ0) is 22.7. The highest BCUT2D eigenvalue weighted by atomic mass is 35.5. The third-order valence-electron chi connectivity index (χ3n) is 5.05. The lowest BCUT2D eigenvalue weighted by Gasteiger charge is -2.34. The second kappa shape index (κ2) is 9.19. The molecule has 11 heteroatoms. The molecule has 3 aromatic rings. The van der Waals surface area contributed by atoms with Crippen LogP contribution in [0.4, 0.5) is 15.9 Å². The zero-order valence-electron chi connectivity index (χ0n) is 16.8. The van der Waals surface area contributed by atoms with Gasteiger partial charge in [-0.15, -0.1) is 0 Å². The van der Waals surface area contributed by atoms with E-state index in [1.54, 1.807) is 18.6 Å². The molecular formula is C21H19ClFN5O3S. The van der Waals surface area contributed by atoms with Crippen LogP contribution in [-0.4, -0.2) is 54.8 Å². The quantitative estimate of drug-likeness (QED) is 0.609. The van der Waals surface area contributed by atoms with Crippen LogP contribution in [0.5, 0.6) is 0 Å². The Bertz CT molecular complexity index is 1200. The topological polar surface area (TPSA) is 95.5 Å². The van der Waals surface area contributed by atoms with Gasteiger partial charge in [-0.3, -0.25) is 9.78 Å². The first-order valence-corrected chi connectivity index (χ1v) is 11.5. The normalized spacial score (nSPS) is 14.9. The van der Waals surface area contributed by atoms with E-state index in [-0.39, 0.29) is 15.5 Å². The van der Waals surface area contributed by atoms with E-state index in [1.165, 1.54) is 40.7 Å². The molecule has 4 rings (SSSR count). The monoisotopic (exact) mass is 475 g/mol. The first-order chi connectivity index (χ1) is 15.4. The Morgan fingerprint density at radius 1 is 1.03 bits per heavy atom. The first-order valence-electron chi connectivity index (χ1n) is 9.73. The SMILES string of the molecule is O=C(Nc1ccc(S(=O)(=O)N2CCN(c3cnccn3)CC2)cc1)c1c(F)cccc1Cl. The molecular weight excluding hydrogens is 457 g/mol. The second-order valence-corrected chi connectivity index (χ2v) is 9.38. The number of carbonyl (C=O) groups excluding carboxylic acids is 1. The maximum absolute atomic E-state index is 13.9. The summed E-state index contributed by atoms with van der Waals surface area (Å²) < 4.78 is 41.3. The predicted octanol–water partition coefficient (Wildman–Crippen LogP) is 3.03. The van der Waals surface area contributed by atoms with Crippen molar-refractivity contribution in [2.24, 2.45) is 0 Å². The number of aromatic nitrogens is 2. The molecule has 1 amide bonds. The van der Waals surface area contributed by atoms with E-state index < -0.39 is 21.7 Å². The van der Waals surface area contributed by atoms with Crippen LogP contribution in [0, 0.1) is 5.82 Å². The van der Waals surface area contributed by atoms with Crippen molar-refractivity contribution in [2.45, 2.75) is 4.90 Å². The first kappa shape index (κ1) is 22.1. The summed E-state index contributed by atoms with van der Waals surface area (Å²) in [6.45, 7) is 1.61. The Hall–Kier alpha value is -3.08. The molecule has 1 saturated heterocycles. The fraction of sp³-hybridized carbons (Fsp3) is 0.190. The number of amides is 1. The van der Waals surface area contributed by atoms with Gasteiger partial charge in [0.2, 0.25) is 10.0 Å². The Morgan fingerprint density at radius 2 is 1.75 bits per heavy atom. The number of hydrogen-bond donors (Lipinski definition) is 1. The van der Waals surface area contributed by atoms with Crippen molar-refractivity contribution in [3.05, 3.63) is 77.5 Å². The van der Waals surface area contributed by atoms with Crippen LogP contribution in [-0.2, 0) is 10.0 Å². The third-order valence-corrected chi connectivity index (χ3v) is 7.28. The van der Waals surface area contributed by atoms with Gasteiger partial charge in [0.15, 0.2) is 0 Å². The van der Waals surface area contributed by atoms with E-state index in [9.17, 15) is 17.6 Å². The number of rotatable bonds is 5. The molecule has 2 aromatic carbocycles. The fourth-order valence-electron chi connectivity index (χ4n) is 3.38. The summed E-state index contributed by atoms with van der Waals surface area (Å²) in [5.41, 5.74) is 0.0487. The van der Waals surface area contributed by atoms with Gasteiger partial charge in [0, 0.05) is 44.3 Å². The molecule has 1 aliphatic heterocycles. The molecule has 1 N–H and O–H groups in total. The van der Waals surface area contributed by atoms with Crippen molar-refractivity contribution in [3.63, 3.8) is 0 Å². The van der Waals surface area contributed by atoms with Crippen LogP contribution in [0.2, 0.25) is 5.02 Å². The largest absolute Gasteiger partial charge is 0.353 e.